The second kappa shape index (κ2) is 16.4. The summed E-state index contributed by atoms with van der Waals surface area (Å²) < 4.78 is 12.8. The van der Waals surface area contributed by atoms with E-state index in [-0.39, 0.29) is 29.7 Å². The van der Waals surface area contributed by atoms with Crippen LogP contribution in [-0.2, 0) is 26.8 Å². The minimum absolute atomic E-state index is 0.110. The van der Waals surface area contributed by atoms with Gasteiger partial charge in [0.25, 0.3) is 0 Å². The third-order valence-electron chi connectivity index (χ3n) is 9.67. The summed E-state index contributed by atoms with van der Waals surface area (Å²) in [6, 6.07) is 23.8. The van der Waals surface area contributed by atoms with Crippen LogP contribution in [0.5, 0.6) is 5.75 Å². The van der Waals surface area contributed by atoms with E-state index in [1.165, 1.54) is 0 Å². The lowest BCUT2D eigenvalue weighted by molar-refractivity contribution is -0.136. The van der Waals surface area contributed by atoms with Gasteiger partial charge in [0.1, 0.15) is 11.4 Å². The number of nitrogens with one attached hydrogen (secondary N) is 1. The number of hydrogen-bond acceptors (Lipinski definition) is 6. The van der Waals surface area contributed by atoms with Crippen LogP contribution in [-0.4, -0.2) is 65.8 Å². The summed E-state index contributed by atoms with van der Waals surface area (Å²) in [7, 11) is -2.38. The molecule has 50 heavy (non-hydrogen) atoms. The van der Waals surface area contributed by atoms with Crippen molar-refractivity contribution < 1.29 is 29.0 Å². The molecule has 0 saturated heterocycles. The number of aromatic hydroxyl groups is 1. The lowest BCUT2D eigenvalue weighted by atomic mass is 9.97. The maximum atomic E-state index is 14.4. The van der Waals surface area contributed by atoms with Crippen LogP contribution in [0.25, 0.3) is 6.08 Å². The molecule has 1 aliphatic carbocycles. The first-order chi connectivity index (χ1) is 23.4. The largest absolute Gasteiger partial charge is 0.508 e. The molecule has 0 aliphatic heterocycles. The second-order valence-electron chi connectivity index (χ2n) is 15.9. The Morgan fingerprint density at radius 1 is 0.960 bits per heavy atom. The predicted molar refractivity (Wildman–Crippen MR) is 202 cm³/mol. The molecule has 4 atom stereocenters. The number of fused-ring (bicyclic) bond motifs is 1. The predicted octanol–water partition coefficient (Wildman–Crippen LogP) is 8.20. The number of phenols is 1. The van der Waals surface area contributed by atoms with E-state index in [0.29, 0.717) is 19.3 Å². The van der Waals surface area contributed by atoms with Crippen LogP contribution in [0.1, 0.15) is 82.7 Å². The summed E-state index contributed by atoms with van der Waals surface area (Å²) in [4.78, 5) is 29.4. The van der Waals surface area contributed by atoms with Crippen molar-refractivity contribution in [2.45, 2.75) is 115 Å². The lowest BCUT2D eigenvalue weighted by Crippen LogP contribution is -2.53. The van der Waals surface area contributed by atoms with Crippen LogP contribution < -0.4 is 5.32 Å². The van der Waals surface area contributed by atoms with Gasteiger partial charge in [-0.2, -0.15) is 0 Å². The van der Waals surface area contributed by atoms with Crippen LogP contribution in [0.3, 0.4) is 0 Å². The van der Waals surface area contributed by atoms with Crippen LogP contribution in [0.4, 0.5) is 4.79 Å². The highest BCUT2D eigenvalue weighted by molar-refractivity contribution is 6.74. The Morgan fingerprint density at radius 3 is 2.24 bits per heavy atom. The molecule has 0 saturated carbocycles. The first-order valence-corrected chi connectivity index (χ1v) is 20.6. The molecule has 8 nitrogen and oxygen atoms in total. The summed E-state index contributed by atoms with van der Waals surface area (Å²) in [5, 5.41) is 24.0. The fraction of sp³-hybridized carbons (Fsp3) is 0.463. The molecule has 4 rings (SSSR count). The van der Waals surface area contributed by atoms with Gasteiger partial charge in [0, 0.05) is 19.4 Å². The first kappa shape index (κ1) is 38.9. The standard InChI is InChI=1S/C41H56N2O6Si/c1-40(2,3)48-39(47)42-34(27-30-15-10-9-11-16-30)36(49-50(7,8)41(4,5)6)24-25-37(46)43(26-14-17-29-20-22-32(44)23-21-29)38-33-19-13-12-18-31(33)28-35(38)45/h9-23,34-36,38,44-45H,24-28H2,1-8H3,(H,42,47)/t34-,35+,36-,38-/m0/s1. The SMILES string of the molecule is CC(C)(C)OC(=O)N[C@@H](Cc1ccccc1)[C@H](CCC(=O)N(CC=Cc1ccc(O)cc1)[C@H]1c2ccccc2C[C@H]1O)O[Si](C)(C)C(C)(C)C. The molecule has 1 aliphatic rings. The molecule has 3 aromatic carbocycles. The Morgan fingerprint density at radius 2 is 1.60 bits per heavy atom. The number of carbonyl (C=O) groups excluding carboxylic acids is 2. The second-order valence-corrected chi connectivity index (χ2v) is 20.6. The zero-order valence-corrected chi connectivity index (χ0v) is 32.0. The molecule has 0 heterocycles. The fourth-order valence-electron chi connectivity index (χ4n) is 6.10. The van der Waals surface area contributed by atoms with Crippen molar-refractivity contribution in [1.29, 1.82) is 0 Å². The third-order valence-corrected chi connectivity index (χ3v) is 14.2. The number of rotatable bonds is 13. The van der Waals surface area contributed by atoms with E-state index in [0.717, 1.165) is 22.3 Å². The van der Waals surface area contributed by atoms with Gasteiger partial charge in [-0.3, -0.25) is 4.79 Å². The molecule has 0 spiro atoms. The Bertz CT molecular complexity index is 1590. The van der Waals surface area contributed by atoms with Gasteiger partial charge in [-0.15, -0.1) is 0 Å². The average Bonchev–Trinajstić information content (AvgIpc) is 3.36. The normalized spacial score (nSPS) is 17.6. The van der Waals surface area contributed by atoms with Gasteiger partial charge >= 0.3 is 6.09 Å². The van der Waals surface area contributed by atoms with Crippen molar-refractivity contribution in [3.05, 3.63) is 107 Å². The Balaban J connectivity index is 1.65. The monoisotopic (exact) mass is 700 g/mol. The number of aliphatic hydroxyl groups excluding tert-OH is 1. The minimum Gasteiger partial charge on any atom is -0.508 e. The molecule has 3 aromatic rings. The van der Waals surface area contributed by atoms with Gasteiger partial charge in [0.05, 0.1) is 24.3 Å². The van der Waals surface area contributed by atoms with Gasteiger partial charge in [0.15, 0.2) is 8.32 Å². The number of ether oxygens (including phenoxy) is 1. The van der Waals surface area contributed by atoms with Gasteiger partial charge in [-0.05, 0) is 86.1 Å². The van der Waals surface area contributed by atoms with Crippen LogP contribution >= 0.6 is 0 Å². The first-order valence-electron chi connectivity index (χ1n) is 17.7. The maximum absolute atomic E-state index is 14.4. The zero-order chi connectivity index (χ0) is 36.7. The Hall–Kier alpha value is -3.92. The number of nitrogens with zero attached hydrogens (tertiary/aromatic N) is 1. The molecule has 9 heteroatoms. The summed E-state index contributed by atoms with van der Waals surface area (Å²) in [6.07, 6.45) is 3.57. The quantitative estimate of drug-likeness (QED) is 0.155. The van der Waals surface area contributed by atoms with Crippen molar-refractivity contribution >= 4 is 26.4 Å². The van der Waals surface area contributed by atoms with Crippen molar-refractivity contribution in [1.82, 2.24) is 10.2 Å². The summed E-state index contributed by atoms with van der Waals surface area (Å²) in [5.74, 6) is 0.0755. The minimum atomic E-state index is -2.38. The summed E-state index contributed by atoms with van der Waals surface area (Å²) >= 11 is 0. The molecular formula is C41H56N2O6Si. The van der Waals surface area contributed by atoms with E-state index >= 15 is 0 Å². The number of benzene rings is 3. The fourth-order valence-corrected chi connectivity index (χ4v) is 7.49. The van der Waals surface area contributed by atoms with Crippen molar-refractivity contribution in [2.24, 2.45) is 0 Å². The molecule has 0 fully saturated rings. The highest BCUT2D eigenvalue weighted by atomic mass is 28.4. The molecule has 0 bridgehead atoms. The van der Waals surface area contributed by atoms with E-state index < -0.39 is 44.3 Å². The zero-order valence-electron chi connectivity index (χ0n) is 31.0. The molecular weight excluding hydrogens is 645 g/mol. The van der Waals surface area contributed by atoms with E-state index in [1.54, 1.807) is 17.0 Å². The number of aliphatic hydroxyl groups is 1. The highest BCUT2D eigenvalue weighted by Gasteiger charge is 2.42. The summed E-state index contributed by atoms with van der Waals surface area (Å²) in [6.45, 7) is 16.7. The summed E-state index contributed by atoms with van der Waals surface area (Å²) in [5.41, 5.74) is 3.24. The van der Waals surface area contributed by atoms with Gasteiger partial charge in [0.2, 0.25) is 5.91 Å². The number of amides is 2. The van der Waals surface area contributed by atoms with E-state index in [1.807, 2.05) is 99.7 Å². The molecule has 0 aromatic heterocycles. The molecule has 3 N–H and O–H groups in total. The molecule has 270 valence electrons. The van der Waals surface area contributed by atoms with Crippen LogP contribution in [0.15, 0.2) is 84.9 Å². The van der Waals surface area contributed by atoms with Crippen LogP contribution in [0.2, 0.25) is 18.1 Å². The van der Waals surface area contributed by atoms with Crippen molar-refractivity contribution in [3.8, 4) is 5.75 Å². The number of carbonyl (C=O) groups is 2. The maximum Gasteiger partial charge on any atom is 0.407 e. The van der Waals surface area contributed by atoms with Crippen molar-refractivity contribution in [2.75, 3.05) is 6.54 Å². The third kappa shape index (κ3) is 10.8. The van der Waals surface area contributed by atoms with Crippen LogP contribution in [0, 0.1) is 0 Å². The highest BCUT2D eigenvalue weighted by Crippen LogP contribution is 2.39. The molecule has 2 amide bonds. The smallest absolute Gasteiger partial charge is 0.407 e. The Kier molecular flexibility index (Phi) is 12.7. The van der Waals surface area contributed by atoms with E-state index in [2.05, 4.69) is 39.2 Å². The van der Waals surface area contributed by atoms with Gasteiger partial charge in [-0.1, -0.05) is 99.7 Å². The molecule has 0 radical (unpaired) electrons. The number of alkyl carbamates (subject to hydrolysis) is 1. The topological polar surface area (TPSA) is 108 Å². The molecule has 0 unspecified atom stereocenters. The van der Waals surface area contributed by atoms with Crippen molar-refractivity contribution in [3.63, 3.8) is 0 Å². The van der Waals surface area contributed by atoms with E-state index in [9.17, 15) is 19.8 Å². The lowest BCUT2D eigenvalue weighted by Gasteiger charge is -2.42. The van der Waals surface area contributed by atoms with Gasteiger partial charge < -0.3 is 29.6 Å². The Labute approximate surface area is 299 Å². The average molecular weight is 701 g/mol. The van der Waals surface area contributed by atoms with E-state index in [4.69, 9.17) is 9.16 Å². The van der Waals surface area contributed by atoms with Gasteiger partial charge in [-0.25, -0.2) is 4.79 Å². The number of hydrogen-bond donors (Lipinski definition) is 3. The number of phenolic OH excluding ortho intramolecular Hbond substituents is 1.